The fraction of sp³-hybridized carbons (Fsp3) is 0.280. The Morgan fingerprint density at radius 1 is 0.857 bits per heavy atom. The van der Waals surface area contributed by atoms with Crippen molar-refractivity contribution in [2.75, 3.05) is 6.61 Å². The van der Waals surface area contributed by atoms with Gasteiger partial charge < -0.3 is 10.1 Å². The predicted octanol–water partition coefficient (Wildman–Crippen LogP) is 5.30. The van der Waals surface area contributed by atoms with Gasteiger partial charge in [-0.25, -0.2) is 4.39 Å². The van der Waals surface area contributed by atoms with Gasteiger partial charge in [-0.1, -0.05) is 72.8 Å². The third-order valence-corrected chi connectivity index (χ3v) is 5.51. The summed E-state index contributed by atoms with van der Waals surface area (Å²) in [5.74, 6) is 0.0289. The van der Waals surface area contributed by atoms with Crippen LogP contribution in [0.1, 0.15) is 35.4 Å². The SMILES string of the molecule is Fc1ccc(CNC2CCO[C@H](C(c3ccccc3)c3ccccc3)C2)cc1. The highest BCUT2D eigenvalue weighted by molar-refractivity contribution is 5.34. The number of halogens is 1. The van der Waals surface area contributed by atoms with Gasteiger partial charge >= 0.3 is 0 Å². The first kappa shape index (κ1) is 18.9. The van der Waals surface area contributed by atoms with E-state index in [9.17, 15) is 4.39 Å². The minimum atomic E-state index is -0.191. The second-order valence-electron chi connectivity index (χ2n) is 7.44. The van der Waals surface area contributed by atoms with Crippen LogP contribution in [0.25, 0.3) is 0 Å². The van der Waals surface area contributed by atoms with Crippen LogP contribution in [0.15, 0.2) is 84.9 Å². The molecule has 0 bridgehead atoms. The van der Waals surface area contributed by atoms with Crippen molar-refractivity contribution in [3.63, 3.8) is 0 Å². The lowest BCUT2D eigenvalue weighted by molar-refractivity contribution is -0.00769. The third-order valence-electron chi connectivity index (χ3n) is 5.51. The summed E-state index contributed by atoms with van der Waals surface area (Å²) < 4.78 is 19.4. The van der Waals surface area contributed by atoms with Crippen LogP contribution in [0.4, 0.5) is 4.39 Å². The predicted molar refractivity (Wildman–Crippen MR) is 111 cm³/mol. The van der Waals surface area contributed by atoms with Crippen LogP contribution in [0.2, 0.25) is 0 Å². The zero-order chi connectivity index (χ0) is 19.2. The van der Waals surface area contributed by atoms with Crippen LogP contribution in [0, 0.1) is 5.82 Å². The minimum absolute atomic E-state index is 0.129. The van der Waals surface area contributed by atoms with Crippen LogP contribution in [0.3, 0.4) is 0 Å². The van der Waals surface area contributed by atoms with Crippen LogP contribution in [-0.2, 0) is 11.3 Å². The van der Waals surface area contributed by atoms with E-state index in [0.29, 0.717) is 6.04 Å². The molecule has 1 fully saturated rings. The van der Waals surface area contributed by atoms with Crippen LogP contribution >= 0.6 is 0 Å². The van der Waals surface area contributed by atoms with Crippen molar-refractivity contribution < 1.29 is 9.13 Å². The molecule has 28 heavy (non-hydrogen) atoms. The molecule has 1 aliphatic rings. The zero-order valence-corrected chi connectivity index (χ0v) is 15.9. The van der Waals surface area contributed by atoms with Crippen molar-refractivity contribution in [3.05, 3.63) is 107 Å². The molecule has 0 saturated carbocycles. The minimum Gasteiger partial charge on any atom is -0.377 e. The molecule has 3 aromatic carbocycles. The summed E-state index contributed by atoms with van der Waals surface area (Å²) in [6.45, 7) is 1.50. The normalized spacial score (nSPS) is 19.6. The second-order valence-corrected chi connectivity index (χ2v) is 7.44. The smallest absolute Gasteiger partial charge is 0.123 e. The average Bonchev–Trinajstić information content (AvgIpc) is 2.75. The number of hydrogen-bond donors (Lipinski definition) is 1. The van der Waals surface area contributed by atoms with Gasteiger partial charge in [0.2, 0.25) is 0 Å². The molecule has 3 aromatic rings. The van der Waals surface area contributed by atoms with Gasteiger partial charge in [-0.15, -0.1) is 0 Å². The lowest BCUT2D eigenvalue weighted by atomic mass is 9.82. The topological polar surface area (TPSA) is 21.3 Å². The Balaban J connectivity index is 1.48. The maximum Gasteiger partial charge on any atom is 0.123 e. The van der Waals surface area contributed by atoms with E-state index < -0.39 is 0 Å². The summed E-state index contributed by atoms with van der Waals surface area (Å²) in [6.07, 6.45) is 2.08. The first-order valence-corrected chi connectivity index (χ1v) is 9.99. The van der Waals surface area contributed by atoms with Crippen LogP contribution < -0.4 is 5.32 Å². The molecule has 0 spiro atoms. The molecule has 0 aromatic heterocycles. The average molecular weight is 375 g/mol. The molecule has 1 N–H and O–H groups in total. The summed E-state index contributed by atoms with van der Waals surface area (Å²) in [5.41, 5.74) is 3.68. The highest BCUT2D eigenvalue weighted by Crippen LogP contribution is 2.34. The van der Waals surface area contributed by atoms with Gasteiger partial charge in [0.05, 0.1) is 6.10 Å². The Labute approximate surface area is 166 Å². The van der Waals surface area contributed by atoms with Crippen molar-refractivity contribution in [2.24, 2.45) is 0 Å². The second kappa shape index (κ2) is 9.13. The third kappa shape index (κ3) is 4.67. The standard InChI is InChI=1S/C25H26FNO/c26-22-13-11-19(12-14-22)18-27-23-15-16-28-24(17-23)25(20-7-3-1-4-8-20)21-9-5-2-6-10-21/h1-14,23-25,27H,15-18H2/t23?,24-/m0/s1. The summed E-state index contributed by atoms with van der Waals surface area (Å²) >= 11 is 0. The van der Waals surface area contributed by atoms with Gasteiger partial charge in [0.15, 0.2) is 0 Å². The van der Waals surface area contributed by atoms with Crippen molar-refractivity contribution in [3.8, 4) is 0 Å². The fourth-order valence-corrected chi connectivity index (χ4v) is 4.05. The molecule has 1 aliphatic heterocycles. The van der Waals surface area contributed by atoms with Crippen molar-refractivity contribution in [2.45, 2.75) is 37.5 Å². The number of hydrogen-bond acceptors (Lipinski definition) is 2. The van der Waals surface area contributed by atoms with E-state index in [1.54, 1.807) is 0 Å². The molecule has 2 nitrogen and oxygen atoms in total. The first-order chi connectivity index (χ1) is 13.8. The highest BCUT2D eigenvalue weighted by Gasteiger charge is 2.31. The number of rotatable bonds is 6. The molecular weight excluding hydrogens is 349 g/mol. The van der Waals surface area contributed by atoms with Gasteiger partial charge in [0, 0.05) is 25.1 Å². The molecule has 0 aliphatic carbocycles. The fourth-order valence-electron chi connectivity index (χ4n) is 4.05. The maximum absolute atomic E-state index is 13.1. The lowest BCUT2D eigenvalue weighted by Gasteiger charge is -2.36. The number of nitrogens with one attached hydrogen (secondary N) is 1. The van der Waals surface area contributed by atoms with E-state index in [1.165, 1.54) is 23.3 Å². The monoisotopic (exact) mass is 375 g/mol. The molecule has 1 heterocycles. The molecule has 1 saturated heterocycles. The summed E-state index contributed by atoms with van der Waals surface area (Å²) in [4.78, 5) is 0. The van der Waals surface area contributed by atoms with E-state index in [0.717, 1.165) is 31.6 Å². The quantitative estimate of drug-likeness (QED) is 0.632. The largest absolute Gasteiger partial charge is 0.377 e. The molecular formula is C25H26FNO. The van der Waals surface area contributed by atoms with E-state index >= 15 is 0 Å². The van der Waals surface area contributed by atoms with Gasteiger partial charge in [-0.05, 0) is 41.7 Å². The number of benzene rings is 3. The summed E-state index contributed by atoms with van der Waals surface area (Å²) in [7, 11) is 0. The van der Waals surface area contributed by atoms with Gasteiger partial charge in [0.25, 0.3) is 0 Å². The molecule has 2 atom stereocenters. The Kier molecular flexibility index (Phi) is 6.15. The molecule has 0 radical (unpaired) electrons. The molecule has 3 heteroatoms. The van der Waals surface area contributed by atoms with E-state index in [2.05, 4.69) is 66.0 Å². The van der Waals surface area contributed by atoms with Gasteiger partial charge in [-0.3, -0.25) is 0 Å². The van der Waals surface area contributed by atoms with Crippen molar-refractivity contribution in [1.82, 2.24) is 5.32 Å². The van der Waals surface area contributed by atoms with E-state index in [-0.39, 0.29) is 17.8 Å². The Hall–Kier alpha value is -2.49. The molecule has 4 rings (SSSR count). The lowest BCUT2D eigenvalue weighted by Crippen LogP contribution is -2.41. The molecule has 144 valence electrons. The van der Waals surface area contributed by atoms with E-state index in [1.807, 2.05) is 12.1 Å². The summed E-state index contributed by atoms with van der Waals surface area (Å²) in [5, 5.41) is 3.64. The van der Waals surface area contributed by atoms with Gasteiger partial charge in [-0.2, -0.15) is 0 Å². The van der Waals surface area contributed by atoms with Crippen molar-refractivity contribution >= 4 is 0 Å². The maximum atomic E-state index is 13.1. The highest BCUT2D eigenvalue weighted by atomic mass is 19.1. The van der Waals surface area contributed by atoms with Crippen LogP contribution in [0.5, 0.6) is 0 Å². The Bertz CT molecular complexity index is 811. The Morgan fingerprint density at radius 3 is 2.07 bits per heavy atom. The van der Waals surface area contributed by atoms with Gasteiger partial charge in [0.1, 0.15) is 5.82 Å². The van der Waals surface area contributed by atoms with E-state index in [4.69, 9.17) is 4.74 Å². The van der Waals surface area contributed by atoms with Crippen LogP contribution in [-0.4, -0.2) is 18.8 Å². The summed E-state index contributed by atoms with van der Waals surface area (Å²) in [6, 6.07) is 28.4. The van der Waals surface area contributed by atoms with Crippen molar-refractivity contribution in [1.29, 1.82) is 0 Å². The zero-order valence-electron chi connectivity index (χ0n) is 15.9. The first-order valence-electron chi connectivity index (χ1n) is 9.99. The Morgan fingerprint density at radius 2 is 1.46 bits per heavy atom. The number of ether oxygens (including phenoxy) is 1. The molecule has 0 amide bonds. The molecule has 1 unspecified atom stereocenters.